The van der Waals surface area contributed by atoms with E-state index in [-0.39, 0.29) is 34.7 Å². The molecule has 0 unspecified atom stereocenters. The fraction of sp³-hybridized carbons (Fsp3) is 0.167. The van der Waals surface area contributed by atoms with Crippen LogP contribution in [0.4, 0.5) is 10.3 Å². The van der Waals surface area contributed by atoms with Crippen LogP contribution in [0.3, 0.4) is 0 Å². The Hall–Kier alpha value is -2.08. The largest absolute Gasteiger partial charge is 0.461 e. The molecule has 2 aromatic rings. The second-order valence-electron chi connectivity index (χ2n) is 3.55. The molecule has 0 aliphatic carbocycles. The Morgan fingerprint density at radius 1 is 1.58 bits per heavy atom. The van der Waals surface area contributed by atoms with Crippen molar-refractivity contribution >= 4 is 23.5 Å². The van der Waals surface area contributed by atoms with Gasteiger partial charge in [0.2, 0.25) is 17.5 Å². The lowest BCUT2D eigenvalue weighted by Gasteiger charge is -1.99. The summed E-state index contributed by atoms with van der Waals surface area (Å²) in [6, 6.07) is 4.15. The molecular weight excluding hydrogens is 275 g/mol. The van der Waals surface area contributed by atoms with Crippen LogP contribution in [0.1, 0.15) is 17.4 Å². The highest BCUT2D eigenvalue weighted by molar-refractivity contribution is 6.33. The van der Waals surface area contributed by atoms with Gasteiger partial charge in [-0.25, -0.2) is 9.18 Å². The third-order valence-electron chi connectivity index (χ3n) is 2.30. The van der Waals surface area contributed by atoms with Crippen LogP contribution >= 0.6 is 11.6 Å². The molecule has 2 N–H and O–H groups in total. The van der Waals surface area contributed by atoms with Gasteiger partial charge in [-0.05, 0) is 19.1 Å². The van der Waals surface area contributed by atoms with Crippen molar-refractivity contribution in [3.8, 4) is 11.5 Å². The number of nitrogens with two attached hydrogens (primary N) is 1. The molecule has 0 bridgehead atoms. The van der Waals surface area contributed by atoms with Crippen molar-refractivity contribution in [2.75, 3.05) is 12.3 Å². The summed E-state index contributed by atoms with van der Waals surface area (Å²) < 4.78 is 23.2. The zero-order valence-corrected chi connectivity index (χ0v) is 10.7. The van der Waals surface area contributed by atoms with Gasteiger partial charge in [-0.1, -0.05) is 17.7 Å². The summed E-state index contributed by atoms with van der Waals surface area (Å²) in [5, 5.41) is -0.154. The van der Waals surface area contributed by atoms with E-state index in [1.54, 1.807) is 6.92 Å². The van der Waals surface area contributed by atoms with Gasteiger partial charge in [0.05, 0.1) is 17.2 Å². The minimum atomic E-state index is -0.706. The van der Waals surface area contributed by atoms with E-state index in [0.29, 0.717) is 0 Å². The molecule has 0 aliphatic rings. The molecule has 0 amide bonds. The van der Waals surface area contributed by atoms with Crippen molar-refractivity contribution in [1.82, 2.24) is 4.98 Å². The molecule has 0 saturated heterocycles. The van der Waals surface area contributed by atoms with Crippen LogP contribution in [-0.4, -0.2) is 17.6 Å². The average molecular weight is 285 g/mol. The standard InChI is InChI=1S/C12H10ClFN2O3/c1-2-18-12(17)9-10(15)19-11(16-9)6-4-3-5-7(14)8(6)13/h3-5H,2,15H2,1H3. The number of anilines is 1. The minimum Gasteiger partial charge on any atom is -0.461 e. The normalized spacial score (nSPS) is 10.5. The van der Waals surface area contributed by atoms with E-state index in [4.69, 9.17) is 26.5 Å². The number of carbonyl (C=O) groups excluding carboxylic acids is 1. The van der Waals surface area contributed by atoms with E-state index >= 15 is 0 Å². The van der Waals surface area contributed by atoms with Crippen molar-refractivity contribution in [2.24, 2.45) is 0 Å². The van der Waals surface area contributed by atoms with Gasteiger partial charge in [-0.3, -0.25) is 0 Å². The van der Waals surface area contributed by atoms with Gasteiger partial charge >= 0.3 is 5.97 Å². The zero-order chi connectivity index (χ0) is 14.0. The molecule has 100 valence electrons. The van der Waals surface area contributed by atoms with Crippen LogP contribution in [0.5, 0.6) is 0 Å². The lowest BCUT2D eigenvalue weighted by atomic mass is 10.2. The lowest BCUT2D eigenvalue weighted by molar-refractivity contribution is 0.0521. The lowest BCUT2D eigenvalue weighted by Crippen LogP contribution is -2.07. The predicted molar refractivity (Wildman–Crippen MR) is 67.3 cm³/mol. The van der Waals surface area contributed by atoms with E-state index in [9.17, 15) is 9.18 Å². The highest BCUT2D eigenvalue weighted by Gasteiger charge is 2.21. The van der Waals surface area contributed by atoms with E-state index < -0.39 is 11.8 Å². The number of hydrogen-bond acceptors (Lipinski definition) is 5. The Kier molecular flexibility index (Phi) is 3.71. The van der Waals surface area contributed by atoms with Crippen molar-refractivity contribution in [3.05, 3.63) is 34.7 Å². The molecule has 1 heterocycles. The number of rotatable bonds is 3. The molecule has 0 aliphatic heterocycles. The SMILES string of the molecule is CCOC(=O)c1nc(-c2cccc(F)c2Cl)oc1N. The number of nitrogens with zero attached hydrogens (tertiary/aromatic N) is 1. The number of halogens is 2. The molecule has 7 heteroatoms. The number of esters is 1. The highest BCUT2D eigenvalue weighted by atomic mass is 35.5. The Balaban J connectivity index is 2.45. The summed E-state index contributed by atoms with van der Waals surface area (Å²) in [6.07, 6.45) is 0. The molecule has 1 aromatic heterocycles. The molecule has 0 saturated carbocycles. The Morgan fingerprint density at radius 3 is 3.00 bits per heavy atom. The quantitative estimate of drug-likeness (QED) is 0.877. The number of hydrogen-bond donors (Lipinski definition) is 1. The van der Waals surface area contributed by atoms with Gasteiger partial charge in [-0.15, -0.1) is 0 Å². The Labute approximate surface area is 113 Å². The van der Waals surface area contributed by atoms with E-state index in [1.807, 2.05) is 0 Å². The number of aromatic nitrogens is 1. The van der Waals surface area contributed by atoms with Gasteiger partial charge in [-0.2, -0.15) is 4.98 Å². The summed E-state index contributed by atoms with van der Waals surface area (Å²) in [4.78, 5) is 15.4. The second kappa shape index (κ2) is 5.27. The summed E-state index contributed by atoms with van der Waals surface area (Å²) >= 11 is 5.80. The van der Waals surface area contributed by atoms with Gasteiger partial charge in [0.15, 0.2) is 0 Å². The summed E-state index contributed by atoms with van der Waals surface area (Å²) in [5.74, 6) is -1.56. The first-order chi connectivity index (χ1) is 9.04. The maximum atomic E-state index is 13.3. The molecule has 2 rings (SSSR count). The molecule has 0 atom stereocenters. The third-order valence-corrected chi connectivity index (χ3v) is 2.69. The first-order valence-corrected chi connectivity index (χ1v) is 5.80. The summed E-state index contributed by atoms with van der Waals surface area (Å²) in [5.41, 5.74) is 5.59. The van der Waals surface area contributed by atoms with Gasteiger partial charge in [0.25, 0.3) is 0 Å². The molecule has 0 spiro atoms. The van der Waals surface area contributed by atoms with Crippen LogP contribution < -0.4 is 5.73 Å². The third kappa shape index (κ3) is 2.53. The van der Waals surface area contributed by atoms with Crippen LogP contribution in [0.25, 0.3) is 11.5 Å². The van der Waals surface area contributed by atoms with Crippen LogP contribution in [0.15, 0.2) is 22.6 Å². The van der Waals surface area contributed by atoms with E-state index in [1.165, 1.54) is 18.2 Å². The molecule has 0 fully saturated rings. The van der Waals surface area contributed by atoms with Gasteiger partial charge in [0.1, 0.15) is 5.82 Å². The predicted octanol–water partition coefficient (Wildman–Crippen LogP) is 2.89. The van der Waals surface area contributed by atoms with Gasteiger partial charge < -0.3 is 14.9 Å². The minimum absolute atomic E-state index is 0.0370. The number of oxazole rings is 1. The monoisotopic (exact) mass is 284 g/mol. The molecule has 5 nitrogen and oxygen atoms in total. The topological polar surface area (TPSA) is 78.3 Å². The van der Waals surface area contributed by atoms with Gasteiger partial charge in [0, 0.05) is 0 Å². The number of benzene rings is 1. The Morgan fingerprint density at radius 2 is 2.32 bits per heavy atom. The van der Waals surface area contributed by atoms with Crippen LogP contribution in [0, 0.1) is 5.82 Å². The molecule has 0 radical (unpaired) electrons. The molecule has 1 aromatic carbocycles. The van der Waals surface area contributed by atoms with Crippen molar-refractivity contribution in [2.45, 2.75) is 6.92 Å². The fourth-order valence-electron chi connectivity index (χ4n) is 1.46. The number of nitrogen functional groups attached to an aromatic ring is 1. The number of carbonyl (C=O) groups is 1. The van der Waals surface area contributed by atoms with Crippen molar-refractivity contribution in [1.29, 1.82) is 0 Å². The zero-order valence-electron chi connectivity index (χ0n) is 9.94. The molecular formula is C12H10ClFN2O3. The van der Waals surface area contributed by atoms with E-state index in [2.05, 4.69) is 4.98 Å². The van der Waals surface area contributed by atoms with Crippen molar-refractivity contribution < 1.29 is 18.3 Å². The summed E-state index contributed by atoms with van der Waals surface area (Å²) in [6.45, 7) is 1.83. The maximum absolute atomic E-state index is 13.3. The van der Waals surface area contributed by atoms with Crippen molar-refractivity contribution in [3.63, 3.8) is 0 Å². The maximum Gasteiger partial charge on any atom is 0.362 e. The first-order valence-electron chi connectivity index (χ1n) is 5.42. The molecule has 19 heavy (non-hydrogen) atoms. The highest BCUT2D eigenvalue weighted by Crippen LogP contribution is 2.31. The Bertz CT molecular complexity index is 627. The average Bonchev–Trinajstić information content (AvgIpc) is 2.75. The fourth-order valence-corrected chi connectivity index (χ4v) is 1.67. The van der Waals surface area contributed by atoms with E-state index in [0.717, 1.165) is 0 Å². The number of ether oxygens (including phenoxy) is 1. The van der Waals surface area contributed by atoms with Crippen LogP contribution in [-0.2, 0) is 4.74 Å². The summed E-state index contributed by atoms with van der Waals surface area (Å²) in [7, 11) is 0. The first kappa shape index (κ1) is 13.4. The smallest absolute Gasteiger partial charge is 0.362 e. The second-order valence-corrected chi connectivity index (χ2v) is 3.93. The van der Waals surface area contributed by atoms with Crippen LogP contribution in [0.2, 0.25) is 5.02 Å².